The van der Waals surface area contributed by atoms with Gasteiger partial charge in [0.05, 0.1) is 18.2 Å². The van der Waals surface area contributed by atoms with E-state index < -0.39 is 17.7 Å². The number of ether oxygens (including phenoxy) is 1. The highest BCUT2D eigenvalue weighted by Gasteiger charge is 2.46. The summed E-state index contributed by atoms with van der Waals surface area (Å²) in [7, 11) is 0. The number of likely N-dealkylation sites (tertiary alicyclic amines) is 1. The Bertz CT molecular complexity index is 1180. The van der Waals surface area contributed by atoms with Crippen LogP contribution in [0.15, 0.2) is 78.6 Å². The molecule has 0 saturated carbocycles. The van der Waals surface area contributed by atoms with Crippen LogP contribution in [0, 0.1) is 0 Å². The van der Waals surface area contributed by atoms with Crippen molar-refractivity contribution in [2.45, 2.75) is 25.9 Å². The Balaban J connectivity index is 1.80. The van der Waals surface area contributed by atoms with Crippen LogP contribution in [0.3, 0.4) is 0 Å². The van der Waals surface area contributed by atoms with E-state index in [-0.39, 0.29) is 17.9 Å². The molecule has 1 saturated heterocycles. The van der Waals surface area contributed by atoms with E-state index in [9.17, 15) is 14.7 Å². The molecule has 0 aliphatic carbocycles. The van der Waals surface area contributed by atoms with Crippen molar-refractivity contribution in [1.82, 2.24) is 9.88 Å². The van der Waals surface area contributed by atoms with E-state index >= 15 is 0 Å². The molecule has 0 bridgehead atoms. The van der Waals surface area contributed by atoms with Crippen molar-refractivity contribution in [1.29, 1.82) is 0 Å². The summed E-state index contributed by atoms with van der Waals surface area (Å²) in [6.07, 6.45) is 4.18. The van der Waals surface area contributed by atoms with Gasteiger partial charge < -0.3 is 14.7 Å². The number of amides is 1. The number of nitrogens with zero attached hydrogens (tertiary/aromatic N) is 2. The summed E-state index contributed by atoms with van der Waals surface area (Å²) in [5, 5.41) is 11.6. The molecule has 2 heterocycles. The Labute approximate surface area is 197 Å². The van der Waals surface area contributed by atoms with Crippen LogP contribution in [-0.2, 0) is 16.1 Å². The topological polar surface area (TPSA) is 79.7 Å². The van der Waals surface area contributed by atoms with Gasteiger partial charge in [0, 0.05) is 29.5 Å². The minimum atomic E-state index is -0.763. The van der Waals surface area contributed by atoms with Gasteiger partial charge in [0.2, 0.25) is 0 Å². The molecular formula is C26H23ClN2O4. The highest BCUT2D eigenvalue weighted by molar-refractivity contribution is 6.46. The summed E-state index contributed by atoms with van der Waals surface area (Å²) in [6, 6.07) is 16.6. The van der Waals surface area contributed by atoms with Gasteiger partial charge in [-0.1, -0.05) is 36.7 Å². The third kappa shape index (κ3) is 4.76. The molecule has 1 aliphatic heterocycles. The molecular weight excluding hydrogens is 440 g/mol. The highest BCUT2D eigenvalue weighted by Crippen LogP contribution is 2.40. The lowest BCUT2D eigenvalue weighted by Crippen LogP contribution is -2.29. The first-order valence-electron chi connectivity index (χ1n) is 10.7. The Morgan fingerprint density at radius 2 is 1.82 bits per heavy atom. The molecule has 1 aromatic heterocycles. The van der Waals surface area contributed by atoms with E-state index in [4.69, 9.17) is 16.3 Å². The van der Waals surface area contributed by atoms with Gasteiger partial charge >= 0.3 is 0 Å². The van der Waals surface area contributed by atoms with Gasteiger partial charge in [0.15, 0.2) is 0 Å². The zero-order chi connectivity index (χ0) is 23.4. The average molecular weight is 463 g/mol. The number of rotatable bonds is 7. The van der Waals surface area contributed by atoms with Crippen molar-refractivity contribution in [2.75, 3.05) is 6.61 Å². The molecule has 1 amide bonds. The number of benzene rings is 2. The largest absolute Gasteiger partial charge is 0.507 e. The number of carbonyl (C=O) groups excluding carboxylic acids is 2. The van der Waals surface area contributed by atoms with E-state index in [0.717, 1.165) is 12.0 Å². The molecule has 2 aromatic carbocycles. The van der Waals surface area contributed by atoms with Crippen molar-refractivity contribution >= 4 is 29.1 Å². The second-order valence-electron chi connectivity index (χ2n) is 7.71. The summed E-state index contributed by atoms with van der Waals surface area (Å²) < 4.78 is 5.66. The maximum absolute atomic E-state index is 13.1. The number of Topliss-reactive ketones (excluding diaryl/α,β-unsaturated/α-hetero) is 1. The standard InChI is InChI=1S/C26H23ClN2O4/c1-2-14-33-21-11-7-18(8-12-21)23-22(24(30)19-5-9-20(27)10-6-19)25(31)26(32)29(23)16-17-4-3-13-28-15-17/h3-13,15,23,30H,2,14,16H2,1H3/b24-22+/t23-/m0/s1. The Morgan fingerprint density at radius 3 is 2.45 bits per heavy atom. The number of halogens is 1. The van der Waals surface area contributed by atoms with Gasteiger partial charge in [-0.2, -0.15) is 0 Å². The minimum Gasteiger partial charge on any atom is -0.507 e. The summed E-state index contributed by atoms with van der Waals surface area (Å²) in [5.41, 5.74) is 1.91. The zero-order valence-corrected chi connectivity index (χ0v) is 18.8. The van der Waals surface area contributed by atoms with Crippen molar-refractivity contribution in [2.24, 2.45) is 0 Å². The van der Waals surface area contributed by atoms with Crippen molar-refractivity contribution in [3.63, 3.8) is 0 Å². The molecule has 0 unspecified atom stereocenters. The molecule has 1 atom stereocenters. The first-order valence-corrected chi connectivity index (χ1v) is 11.0. The summed E-state index contributed by atoms with van der Waals surface area (Å²) in [6.45, 7) is 2.79. The number of pyridine rings is 1. The molecule has 168 valence electrons. The highest BCUT2D eigenvalue weighted by atomic mass is 35.5. The van der Waals surface area contributed by atoms with Crippen molar-refractivity contribution in [3.05, 3.63) is 100 Å². The Kier molecular flexibility index (Phi) is 6.75. The van der Waals surface area contributed by atoms with Gasteiger partial charge in [-0.3, -0.25) is 14.6 Å². The summed E-state index contributed by atoms with van der Waals surface area (Å²) in [4.78, 5) is 31.7. The van der Waals surface area contributed by atoms with Crippen LogP contribution in [0.25, 0.3) is 5.76 Å². The molecule has 4 rings (SSSR count). The van der Waals surface area contributed by atoms with Gasteiger partial charge in [-0.25, -0.2) is 0 Å². The maximum Gasteiger partial charge on any atom is 0.295 e. The number of hydrogen-bond acceptors (Lipinski definition) is 5. The number of aliphatic hydroxyl groups excluding tert-OH is 1. The van der Waals surface area contributed by atoms with Crippen LogP contribution >= 0.6 is 11.6 Å². The third-order valence-electron chi connectivity index (χ3n) is 5.40. The molecule has 1 aliphatic rings. The van der Waals surface area contributed by atoms with Crippen LogP contribution in [0.2, 0.25) is 5.02 Å². The van der Waals surface area contributed by atoms with E-state index in [2.05, 4.69) is 4.98 Å². The quantitative estimate of drug-likeness (QED) is 0.298. The SMILES string of the molecule is CCCOc1ccc([C@H]2/C(=C(\O)c3ccc(Cl)cc3)C(=O)C(=O)N2Cc2cccnc2)cc1. The monoisotopic (exact) mass is 462 g/mol. The molecule has 1 N–H and O–H groups in total. The number of aromatic nitrogens is 1. The van der Waals surface area contributed by atoms with Crippen LogP contribution in [0.1, 0.15) is 36.1 Å². The predicted molar refractivity (Wildman–Crippen MR) is 126 cm³/mol. The summed E-state index contributed by atoms with van der Waals surface area (Å²) >= 11 is 5.97. The number of aliphatic hydroxyl groups is 1. The number of hydrogen-bond donors (Lipinski definition) is 1. The van der Waals surface area contributed by atoms with Crippen LogP contribution < -0.4 is 4.74 Å². The normalized spacial score (nSPS) is 17.4. The predicted octanol–water partition coefficient (Wildman–Crippen LogP) is 5.15. The molecule has 7 heteroatoms. The smallest absolute Gasteiger partial charge is 0.295 e. The van der Waals surface area contributed by atoms with Gasteiger partial charge in [0.25, 0.3) is 11.7 Å². The molecule has 3 aromatic rings. The second kappa shape index (κ2) is 9.88. The van der Waals surface area contributed by atoms with E-state index in [1.54, 1.807) is 54.9 Å². The van der Waals surface area contributed by atoms with Crippen LogP contribution in [0.5, 0.6) is 5.75 Å². The number of ketones is 1. The lowest BCUT2D eigenvalue weighted by molar-refractivity contribution is -0.140. The summed E-state index contributed by atoms with van der Waals surface area (Å²) in [5.74, 6) is -0.953. The van der Waals surface area contributed by atoms with Gasteiger partial charge in [0.1, 0.15) is 11.5 Å². The fraction of sp³-hybridized carbons (Fsp3) is 0.192. The lowest BCUT2D eigenvalue weighted by Gasteiger charge is -2.25. The van der Waals surface area contributed by atoms with E-state index in [1.807, 2.05) is 25.1 Å². The third-order valence-corrected chi connectivity index (χ3v) is 5.65. The first kappa shape index (κ1) is 22.6. The zero-order valence-electron chi connectivity index (χ0n) is 18.1. The molecule has 1 fully saturated rings. The fourth-order valence-electron chi connectivity index (χ4n) is 3.81. The fourth-order valence-corrected chi connectivity index (χ4v) is 3.93. The van der Waals surface area contributed by atoms with Gasteiger partial charge in [-0.15, -0.1) is 0 Å². The second-order valence-corrected chi connectivity index (χ2v) is 8.15. The average Bonchev–Trinajstić information content (AvgIpc) is 3.08. The first-order chi connectivity index (χ1) is 16.0. The van der Waals surface area contributed by atoms with E-state index in [1.165, 1.54) is 4.90 Å². The van der Waals surface area contributed by atoms with Crippen LogP contribution in [-0.4, -0.2) is 33.3 Å². The van der Waals surface area contributed by atoms with E-state index in [0.29, 0.717) is 28.5 Å². The molecule has 6 nitrogen and oxygen atoms in total. The maximum atomic E-state index is 13.1. The van der Waals surface area contributed by atoms with Gasteiger partial charge in [-0.05, 0) is 60.0 Å². The molecule has 0 radical (unpaired) electrons. The minimum absolute atomic E-state index is 0.0356. The van der Waals surface area contributed by atoms with Crippen molar-refractivity contribution < 1.29 is 19.4 Å². The van der Waals surface area contributed by atoms with Crippen LogP contribution in [0.4, 0.5) is 0 Å². The van der Waals surface area contributed by atoms with Crippen molar-refractivity contribution in [3.8, 4) is 5.75 Å². The molecule has 0 spiro atoms. The molecule has 33 heavy (non-hydrogen) atoms. The Hall–Kier alpha value is -3.64. The lowest BCUT2D eigenvalue weighted by atomic mass is 9.95. The Morgan fingerprint density at radius 1 is 1.09 bits per heavy atom. The number of carbonyl (C=O) groups is 2.